The van der Waals surface area contributed by atoms with Crippen LogP contribution in [-0.4, -0.2) is 23.9 Å². The highest BCUT2D eigenvalue weighted by Gasteiger charge is 2.40. The summed E-state index contributed by atoms with van der Waals surface area (Å²) < 4.78 is 5.64. The molecule has 1 atom stereocenters. The van der Waals surface area contributed by atoms with Crippen molar-refractivity contribution >= 4 is 12.3 Å². The van der Waals surface area contributed by atoms with Gasteiger partial charge in [0.15, 0.2) is 0 Å². The number of hydrogen-bond donors (Lipinski definition) is 1. The Bertz CT molecular complexity index is 533. The summed E-state index contributed by atoms with van der Waals surface area (Å²) in [5.74, 6) is -0.380. The SMILES string of the molecule is CC(C)(OC(=O)c1ccccc1)C(N)CC1(C=O)CCCCC1. The van der Waals surface area contributed by atoms with Crippen LogP contribution in [0.15, 0.2) is 30.3 Å². The van der Waals surface area contributed by atoms with E-state index in [0.717, 1.165) is 32.0 Å². The van der Waals surface area contributed by atoms with Gasteiger partial charge < -0.3 is 15.3 Å². The first-order valence-corrected chi connectivity index (χ1v) is 8.39. The van der Waals surface area contributed by atoms with Crippen LogP contribution in [0.1, 0.15) is 62.7 Å². The second-order valence-corrected chi connectivity index (χ2v) is 7.21. The third-order valence-corrected chi connectivity index (χ3v) is 4.98. The van der Waals surface area contributed by atoms with Crippen LogP contribution in [0.4, 0.5) is 0 Å². The number of nitrogens with two attached hydrogens (primary N) is 1. The molecule has 4 nitrogen and oxygen atoms in total. The van der Waals surface area contributed by atoms with E-state index in [1.165, 1.54) is 6.42 Å². The van der Waals surface area contributed by atoms with Crippen LogP contribution in [0.2, 0.25) is 0 Å². The molecule has 4 heteroatoms. The second-order valence-electron chi connectivity index (χ2n) is 7.21. The molecule has 0 aromatic heterocycles. The summed E-state index contributed by atoms with van der Waals surface area (Å²) in [5, 5.41) is 0. The molecule has 0 saturated heterocycles. The highest BCUT2D eigenvalue weighted by atomic mass is 16.6. The molecule has 0 aliphatic heterocycles. The van der Waals surface area contributed by atoms with Crippen molar-refractivity contribution in [3.05, 3.63) is 35.9 Å². The highest BCUT2D eigenvalue weighted by molar-refractivity contribution is 5.89. The van der Waals surface area contributed by atoms with Crippen LogP contribution in [-0.2, 0) is 9.53 Å². The van der Waals surface area contributed by atoms with Crippen molar-refractivity contribution in [2.75, 3.05) is 0 Å². The smallest absolute Gasteiger partial charge is 0.338 e. The van der Waals surface area contributed by atoms with E-state index < -0.39 is 5.60 Å². The van der Waals surface area contributed by atoms with E-state index in [0.29, 0.717) is 12.0 Å². The molecule has 1 saturated carbocycles. The molecule has 1 aromatic rings. The van der Waals surface area contributed by atoms with E-state index in [1.54, 1.807) is 24.3 Å². The van der Waals surface area contributed by atoms with Crippen molar-refractivity contribution < 1.29 is 14.3 Å². The van der Waals surface area contributed by atoms with Crippen molar-refractivity contribution in [3.63, 3.8) is 0 Å². The van der Waals surface area contributed by atoms with Crippen LogP contribution in [0, 0.1) is 5.41 Å². The Kier molecular flexibility index (Phi) is 5.58. The molecule has 1 aromatic carbocycles. The lowest BCUT2D eigenvalue weighted by atomic mass is 9.69. The molecule has 1 unspecified atom stereocenters. The molecule has 2 rings (SSSR count). The summed E-state index contributed by atoms with van der Waals surface area (Å²) in [6, 6.07) is 8.51. The Labute approximate surface area is 138 Å². The van der Waals surface area contributed by atoms with Gasteiger partial charge in [0, 0.05) is 11.5 Å². The van der Waals surface area contributed by atoms with Crippen LogP contribution in [0.25, 0.3) is 0 Å². The number of esters is 1. The molecule has 2 N–H and O–H groups in total. The van der Waals surface area contributed by atoms with Gasteiger partial charge in [0.05, 0.1) is 5.56 Å². The minimum Gasteiger partial charge on any atom is -0.454 e. The minimum atomic E-state index is -0.819. The Morgan fingerprint density at radius 2 is 1.87 bits per heavy atom. The zero-order chi connectivity index (χ0) is 16.9. The van der Waals surface area contributed by atoms with Crippen LogP contribution in [0.3, 0.4) is 0 Å². The molecule has 0 spiro atoms. The normalized spacial score (nSPS) is 18.9. The summed E-state index contributed by atoms with van der Waals surface area (Å²) in [6.45, 7) is 3.64. The fourth-order valence-corrected chi connectivity index (χ4v) is 3.26. The molecule has 1 aliphatic carbocycles. The molecule has 1 fully saturated rings. The van der Waals surface area contributed by atoms with E-state index in [2.05, 4.69) is 0 Å². The molecule has 126 valence electrons. The average Bonchev–Trinajstić information content (AvgIpc) is 2.56. The number of ether oxygens (including phenoxy) is 1. The van der Waals surface area contributed by atoms with Gasteiger partial charge in [-0.3, -0.25) is 0 Å². The zero-order valence-corrected chi connectivity index (χ0v) is 14.1. The first-order valence-electron chi connectivity index (χ1n) is 8.39. The highest BCUT2D eigenvalue weighted by Crippen LogP contribution is 2.39. The lowest BCUT2D eigenvalue weighted by molar-refractivity contribution is -0.119. The van der Waals surface area contributed by atoms with Gasteiger partial charge in [-0.25, -0.2) is 4.79 Å². The molecular weight excluding hydrogens is 290 g/mol. The van der Waals surface area contributed by atoms with Gasteiger partial charge in [0.2, 0.25) is 0 Å². The molecular formula is C19H27NO3. The fraction of sp³-hybridized carbons (Fsp3) is 0.579. The Balaban J connectivity index is 2.03. The lowest BCUT2D eigenvalue weighted by Crippen LogP contribution is -2.50. The van der Waals surface area contributed by atoms with Crippen LogP contribution >= 0.6 is 0 Å². The number of aldehydes is 1. The van der Waals surface area contributed by atoms with Crippen LogP contribution < -0.4 is 5.73 Å². The second kappa shape index (κ2) is 7.26. The number of carbonyl (C=O) groups is 2. The molecule has 0 radical (unpaired) electrons. The first-order chi connectivity index (χ1) is 10.9. The van der Waals surface area contributed by atoms with Gasteiger partial charge in [0.1, 0.15) is 11.9 Å². The Morgan fingerprint density at radius 1 is 1.26 bits per heavy atom. The van der Waals surface area contributed by atoms with Crippen molar-refractivity contribution in [2.45, 2.75) is 64.0 Å². The first kappa shape index (κ1) is 17.7. The maximum atomic E-state index is 12.3. The van der Waals surface area contributed by atoms with Crippen molar-refractivity contribution in [1.82, 2.24) is 0 Å². The van der Waals surface area contributed by atoms with Gasteiger partial charge in [0.25, 0.3) is 0 Å². The van der Waals surface area contributed by atoms with Gasteiger partial charge >= 0.3 is 5.97 Å². The van der Waals surface area contributed by atoms with Crippen LogP contribution in [0.5, 0.6) is 0 Å². The van der Waals surface area contributed by atoms with E-state index in [9.17, 15) is 9.59 Å². The fourth-order valence-electron chi connectivity index (χ4n) is 3.26. The van der Waals surface area contributed by atoms with E-state index in [4.69, 9.17) is 10.5 Å². The number of hydrogen-bond acceptors (Lipinski definition) is 4. The molecule has 0 heterocycles. The summed E-state index contributed by atoms with van der Waals surface area (Å²) in [6.07, 6.45) is 6.70. The predicted octanol–water partition coefficient (Wildman–Crippen LogP) is 3.49. The largest absolute Gasteiger partial charge is 0.454 e. The Hall–Kier alpha value is -1.68. The zero-order valence-electron chi connectivity index (χ0n) is 14.1. The lowest BCUT2D eigenvalue weighted by Gasteiger charge is -2.39. The molecule has 23 heavy (non-hydrogen) atoms. The average molecular weight is 317 g/mol. The standard InChI is InChI=1S/C19H27NO3/c1-18(2,23-17(22)15-9-5-3-6-10-15)16(20)13-19(14-21)11-7-4-8-12-19/h3,5-6,9-10,14,16H,4,7-8,11-13,20H2,1-2H3. The summed E-state index contributed by atoms with van der Waals surface area (Å²) in [5.41, 5.74) is 5.67. The third kappa shape index (κ3) is 4.41. The molecule has 1 aliphatic rings. The van der Waals surface area contributed by atoms with Gasteiger partial charge in [-0.15, -0.1) is 0 Å². The molecule has 0 amide bonds. The Morgan fingerprint density at radius 3 is 2.43 bits per heavy atom. The van der Waals surface area contributed by atoms with Gasteiger partial charge in [-0.05, 0) is 45.2 Å². The monoisotopic (exact) mass is 317 g/mol. The third-order valence-electron chi connectivity index (χ3n) is 4.98. The van der Waals surface area contributed by atoms with E-state index in [-0.39, 0.29) is 17.4 Å². The topological polar surface area (TPSA) is 69.4 Å². The predicted molar refractivity (Wildman–Crippen MR) is 90.1 cm³/mol. The van der Waals surface area contributed by atoms with Gasteiger partial charge in [-0.2, -0.15) is 0 Å². The number of benzene rings is 1. The summed E-state index contributed by atoms with van der Waals surface area (Å²) >= 11 is 0. The van der Waals surface area contributed by atoms with Crippen molar-refractivity contribution in [2.24, 2.45) is 11.1 Å². The quantitative estimate of drug-likeness (QED) is 0.644. The van der Waals surface area contributed by atoms with Crippen molar-refractivity contribution in [1.29, 1.82) is 0 Å². The minimum absolute atomic E-state index is 0.353. The van der Waals surface area contributed by atoms with E-state index >= 15 is 0 Å². The number of carbonyl (C=O) groups excluding carboxylic acids is 2. The summed E-state index contributed by atoms with van der Waals surface area (Å²) in [4.78, 5) is 23.9. The maximum absolute atomic E-state index is 12.3. The number of rotatable bonds is 6. The van der Waals surface area contributed by atoms with Crippen molar-refractivity contribution in [3.8, 4) is 0 Å². The summed E-state index contributed by atoms with van der Waals surface area (Å²) in [7, 11) is 0. The molecule has 0 bridgehead atoms. The van der Waals surface area contributed by atoms with E-state index in [1.807, 2.05) is 19.9 Å². The maximum Gasteiger partial charge on any atom is 0.338 e. The van der Waals surface area contributed by atoms with Gasteiger partial charge in [-0.1, -0.05) is 37.5 Å².